The van der Waals surface area contributed by atoms with Gasteiger partial charge in [-0.05, 0) is 50.7 Å². The van der Waals surface area contributed by atoms with E-state index in [4.69, 9.17) is 11.6 Å². The minimum atomic E-state index is -0.820. The standard InChI is InChI=1S/C22H27ClN2O3/c1-13(2)18-14-7-8-15(18)20(22(27)28)19(14)21(26)25-11-9-24(10-12-25)17-6-4-3-5-16(17)23/h3-6,14-15,19-20H,7-12H2,1-2H3,(H,27,28). The number of carbonyl (C=O) groups is 2. The quantitative estimate of drug-likeness (QED) is 0.783. The number of halogens is 1. The Morgan fingerprint density at radius 3 is 2.18 bits per heavy atom. The molecule has 6 heteroatoms. The van der Waals surface area contributed by atoms with E-state index < -0.39 is 17.8 Å². The van der Waals surface area contributed by atoms with Crippen molar-refractivity contribution in [1.82, 2.24) is 4.90 Å². The third-order valence-electron chi connectivity index (χ3n) is 6.77. The largest absolute Gasteiger partial charge is 0.481 e. The van der Waals surface area contributed by atoms with Crippen LogP contribution in [-0.4, -0.2) is 48.1 Å². The van der Waals surface area contributed by atoms with Crippen LogP contribution in [0, 0.1) is 23.7 Å². The van der Waals surface area contributed by atoms with Gasteiger partial charge in [0.1, 0.15) is 0 Å². The molecule has 4 atom stereocenters. The Labute approximate surface area is 171 Å². The number of nitrogens with zero attached hydrogens (tertiary/aromatic N) is 2. The number of carboxylic acids is 1. The van der Waals surface area contributed by atoms with Crippen LogP contribution in [0.15, 0.2) is 35.4 Å². The summed E-state index contributed by atoms with van der Waals surface area (Å²) in [6.45, 7) is 6.74. The highest BCUT2D eigenvalue weighted by atomic mass is 35.5. The fourth-order valence-corrected chi connectivity index (χ4v) is 5.93. The Bertz CT molecular complexity index is 825. The minimum absolute atomic E-state index is 0.0251. The fraction of sp³-hybridized carbons (Fsp3) is 0.545. The third kappa shape index (κ3) is 3.10. The van der Waals surface area contributed by atoms with Crippen LogP contribution < -0.4 is 4.90 Å². The molecule has 1 aromatic carbocycles. The number of hydrogen-bond acceptors (Lipinski definition) is 3. The Morgan fingerprint density at radius 2 is 1.61 bits per heavy atom. The molecule has 1 N–H and O–H groups in total. The number of fused-ring (bicyclic) bond motifs is 2. The number of amides is 1. The molecule has 4 rings (SSSR count). The van der Waals surface area contributed by atoms with E-state index in [-0.39, 0.29) is 17.7 Å². The molecule has 5 nitrogen and oxygen atoms in total. The molecule has 2 aliphatic carbocycles. The lowest BCUT2D eigenvalue weighted by atomic mass is 9.78. The number of aliphatic carboxylic acids is 1. The molecule has 3 aliphatic rings. The van der Waals surface area contributed by atoms with Gasteiger partial charge in [0, 0.05) is 26.2 Å². The van der Waals surface area contributed by atoms with Crippen molar-refractivity contribution in [2.24, 2.45) is 23.7 Å². The van der Waals surface area contributed by atoms with Crippen molar-refractivity contribution in [3.63, 3.8) is 0 Å². The average Bonchev–Trinajstić information content (AvgIpc) is 3.24. The molecule has 2 saturated carbocycles. The van der Waals surface area contributed by atoms with Crippen molar-refractivity contribution in [2.45, 2.75) is 26.7 Å². The second-order valence-corrected chi connectivity index (χ2v) is 8.81. The average molecular weight is 403 g/mol. The zero-order valence-corrected chi connectivity index (χ0v) is 17.2. The van der Waals surface area contributed by atoms with Gasteiger partial charge in [-0.2, -0.15) is 0 Å². The van der Waals surface area contributed by atoms with Crippen molar-refractivity contribution >= 4 is 29.2 Å². The summed E-state index contributed by atoms with van der Waals surface area (Å²) in [5.74, 6) is -1.64. The molecule has 150 valence electrons. The van der Waals surface area contributed by atoms with E-state index in [1.165, 1.54) is 11.1 Å². The number of carbonyl (C=O) groups excluding carboxylic acids is 1. The van der Waals surface area contributed by atoms with E-state index in [1.54, 1.807) is 0 Å². The Kier molecular flexibility index (Phi) is 5.13. The maximum absolute atomic E-state index is 13.4. The first kappa shape index (κ1) is 19.3. The Balaban J connectivity index is 1.50. The number of hydrogen-bond donors (Lipinski definition) is 1. The van der Waals surface area contributed by atoms with Crippen molar-refractivity contribution < 1.29 is 14.7 Å². The van der Waals surface area contributed by atoms with Crippen molar-refractivity contribution in [3.05, 3.63) is 40.4 Å². The van der Waals surface area contributed by atoms with Gasteiger partial charge in [-0.25, -0.2) is 0 Å². The van der Waals surface area contributed by atoms with E-state index in [9.17, 15) is 14.7 Å². The third-order valence-corrected chi connectivity index (χ3v) is 7.09. The Morgan fingerprint density at radius 1 is 1.00 bits per heavy atom. The SMILES string of the molecule is CC(C)=C1C2CCC1C(C(=O)N1CCN(c3ccccc3Cl)CC1)C2C(=O)O. The molecule has 1 heterocycles. The van der Waals surface area contributed by atoms with Crippen LogP contribution in [-0.2, 0) is 9.59 Å². The molecule has 0 radical (unpaired) electrons. The van der Waals surface area contributed by atoms with Gasteiger partial charge in [-0.1, -0.05) is 34.9 Å². The highest BCUT2D eigenvalue weighted by molar-refractivity contribution is 6.33. The molecule has 4 unspecified atom stereocenters. The van der Waals surface area contributed by atoms with Crippen LogP contribution in [0.25, 0.3) is 0 Å². The van der Waals surface area contributed by atoms with E-state index in [1.807, 2.05) is 29.2 Å². The number of piperazine rings is 1. The van der Waals surface area contributed by atoms with Crippen LogP contribution in [0.1, 0.15) is 26.7 Å². The topological polar surface area (TPSA) is 60.9 Å². The van der Waals surface area contributed by atoms with Crippen molar-refractivity contribution in [2.75, 3.05) is 31.1 Å². The lowest BCUT2D eigenvalue weighted by Crippen LogP contribution is -2.52. The van der Waals surface area contributed by atoms with Gasteiger partial charge in [0.05, 0.1) is 22.5 Å². The number of benzene rings is 1. The summed E-state index contributed by atoms with van der Waals surface area (Å²) in [7, 11) is 0. The van der Waals surface area contributed by atoms with Crippen LogP contribution in [0.5, 0.6) is 0 Å². The fourth-order valence-electron chi connectivity index (χ4n) is 5.67. The van der Waals surface area contributed by atoms with Crippen LogP contribution in [0.3, 0.4) is 0 Å². The van der Waals surface area contributed by atoms with Crippen LogP contribution >= 0.6 is 11.6 Å². The monoisotopic (exact) mass is 402 g/mol. The summed E-state index contributed by atoms with van der Waals surface area (Å²) in [6.07, 6.45) is 1.83. The molecule has 1 aliphatic heterocycles. The van der Waals surface area contributed by atoms with Gasteiger partial charge in [-0.3, -0.25) is 9.59 Å². The van der Waals surface area contributed by atoms with Crippen LogP contribution in [0.4, 0.5) is 5.69 Å². The molecule has 0 aromatic heterocycles. The summed E-state index contributed by atoms with van der Waals surface area (Å²) in [5.41, 5.74) is 3.42. The molecule has 3 fully saturated rings. The number of rotatable bonds is 3. The van der Waals surface area contributed by atoms with Gasteiger partial charge in [-0.15, -0.1) is 0 Å². The predicted molar refractivity (Wildman–Crippen MR) is 109 cm³/mol. The molecule has 1 amide bonds. The van der Waals surface area contributed by atoms with Gasteiger partial charge in [0.15, 0.2) is 0 Å². The van der Waals surface area contributed by atoms with Crippen LogP contribution in [0.2, 0.25) is 5.02 Å². The maximum atomic E-state index is 13.4. The number of carboxylic acid groups (broad SMARTS) is 1. The van der Waals surface area contributed by atoms with E-state index in [0.717, 1.165) is 23.6 Å². The zero-order chi connectivity index (χ0) is 20.0. The Hall–Kier alpha value is -2.01. The highest BCUT2D eigenvalue weighted by Crippen LogP contribution is 2.57. The molecular weight excluding hydrogens is 376 g/mol. The second kappa shape index (κ2) is 7.43. The van der Waals surface area contributed by atoms with Gasteiger partial charge < -0.3 is 14.9 Å². The van der Waals surface area contributed by atoms with E-state index in [0.29, 0.717) is 26.2 Å². The molecule has 2 bridgehead atoms. The smallest absolute Gasteiger partial charge is 0.307 e. The molecule has 1 saturated heterocycles. The molecule has 1 aromatic rings. The first-order chi connectivity index (χ1) is 13.4. The van der Waals surface area contributed by atoms with Gasteiger partial charge >= 0.3 is 5.97 Å². The number of allylic oxidation sites excluding steroid dienone is 2. The van der Waals surface area contributed by atoms with Crippen molar-refractivity contribution in [1.29, 1.82) is 0 Å². The number of para-hydroxylation sites is 1. The summed E-state index contributed by atoms with van der Waals surface area (Å²) in [6, 6.07) is 7.75. The summed E-state index contributed by atoms with van der Waals surface area (Å²) >= 11 is 6.31. The second-order valence-electron chi connectivity index (χ2n) is 8.40. The molecule has 28 heavy (non-hydrogen) atoms. The maximum Gasteiger partial charge on any atom is 0.307 e. The van der Waals surface area contributed by atoms with Gasteiger partial charge in [0.25, 0.3) is 0 Å². The van der Waals surface area contributed by atoms with E-state index >= 15 is 0 Å². The lowest BCUT2D eigenvalue weighted by Gasteiger charge is -2.39. The lowest BCUT2D eigenvalue weighted by molar-refractivity contribution is -0.153. The first-order valence-electron chi connectivity index (χ1n) is 10.1. The zero-order valence-electron chi connectivity index (χ0n) is 16.4. The highest BCUT2D eigenvalue weighted by Gasteiger charge is 2.58. The molecule has 0 spiro atoms. The number of anilines is 1. The predicted octanol–water partition coefficient (Wildman–Crippen LogP) is 3.68. The first-order valence-corrected chi connectivity index (χ1v) is 10.5. The van der Waals surface area contributed by atoms with E-state index in [2.05, 4.69) is 18.7 Å². The van der Waals surface area contributed by atoms with Crippen molar-refractivity contribution in [3.8, 4) is 0 Å². The summed E-state index contributed by atoms with van der Waals surface area (Å²) < 4.78 is 0. The minimum Gasteiger partial charge on any atom is -0.481 e. The summed E-state index contributed by atoms with van der Waals surface area (Å²) in [5, 5.41) is 10.6. The normalized spacial score (nSPS) is 29.3. The molecular formula is C22H27ClN2O3. The summed E-state index contributed by atoms with van der Waals surface area (Å²) in [4.78, 5) is 29.5. The van der Waals surface area contributed by atoms with Gasteiger partial charge in [0.2, 0.25) is 5.91 Å².